The molecule has 0 bridgehead atoms. The van der Waals surface area contributed by atoms with Crippen molar-refractivity contribution >= 4 is 21.4 Å². The molecule has 0 saturated carbocycles. The van der Waals surface area contributed by atoms with Crippen LogP contribution in [0.5, 0.6) is 0 Å². The van der Waals surface area contributed by atoms with Crippen LogP contribution in [0, 0.1) is 22.7 Å². The van der Waals surface area contributed by atoms with Crippen LogP contribution >= 0.6 is 0 Å². The van der Waals surface area contributed by atoms with Crippen molar-refractivity contribution in [2.24, 2.45) is 0 Å². The lowest BCUT2D eigenvalue weighted by Gasteiger charge is -2.20. The number of rotatable bonds is 5. The van der Waals surface area contributed by atoms with Crippen LogP contribution < -0.4 is 15.4 Å². The fraction of sp³-hybridized carbons (Fsp3) is 0.273. The fourth-order valence-corrected chi connectivity index (χ4v) is 2.27. The van der Waals surface area contributed by atoms with Crippen LogP contribution in [-0.2, 0) is 10.0 Å². The van der Waals surface area contributed by atoms with Gasteiger partial charge in [-0.2, -0.15) is 10.5 Å². The molecule has 0 fully saturated rings. The highest BCUT2D eigenvalue weighted by Gasteiger charge is 2.15. The Labute approximate surface area is 111 Å². The Bertz CT molecular complexity index is 626. The molecule has 0 aliphatic rings. The number of benzene rings is 1. The van der Waals surface area contributed by atoms with Crippen molar-refractivity contribution in [1.82, 2.24) is 4.72 Å². The molecule has 19 heavy (non-hydrogen) atoms. The van der Waals surface area contributed by atoms with Gasteiger partial charge in [0.25, 0.3) is 0 Å². The van der Waals surface area contributed by atoms with Crippen molar-refractivity contribution in [2.75, 3.05) is 30.8 Å². The van der Waals surface area contributed by atoms with Gasteiger partial charge in [-0.15, -0.1) is 0 Å². The zero-order valence-corrected chi connectivity index (χ0v) is 11.1. The maximum atomic E-state index is 11.6. The van der Waals surface area contributed by atoms with Crippen molar-refractivity contribution < 1.29 is 8.42 Å². The first-order chi connectivity index (χ1) is 8.96. The lowest BCUT2D eigenvalue weighted by Crippen LogP contribution is -2.25. The quantitative estimate of drug-likeness (QED) is 0.579. The molecule has 0 spiro atoms. The first kappa shape index (κ1) is 14.8. The zero-order valence-electron chi connectivity index (χ0n) is 10.3. The molecule has 0 saturated heterocycles. The van der Waals surface area contributed by atoms with Gasteiger partial charge in [0.15, 0.2) is 0 Å². The Hall–Kier alpha value is -2.29. The highest BCUT2D eigenvalue weighted by atomic mass is 32.2. The van der Waals surface area contributed by atoms with E-state index in [2.05, 4.69) is 4.72 Å². The molecule has 0 heterocycles. The Morgan fingerprint density at radius 3 is 2.32 bits per heavy atom. The third-order valence-electron chi connectivity index (χ3n) is 2.44. The minimum Gasteiger partial charge on any atom is -0.397 e. The smallest absolute Gasteiger partial charge is 0.240 e. The molecule has 100 valence electrons. The van der Waals surface area contributed by atoms with Crippen molar-refractivity contribution in [2.45, 2.75) is 4.90 Å². The third-order valence-corrected chi connectivity index (χ3v) is 3.85. The van der Waals surface area contributed by atoms with Gasteiger partial charge < -0.3 is 10.6 Å². The maximum absolute atomic E-state index is 11.6. The topological polar surface area (TPSA) is 123 Å². The van der Waals surface area contributed by atoms with Gasteiger partial charge in [-0.25, -0.2) is 13.1 Å². The van der Waals surface area contributed by atoms with Crippen LogP contribution in [0.4, 0.5) is 11.4 Å². The van der Waals surface area contributed by atoms with Gasteiger partial charge >= 0.3 is 0 Å². The highest BCUT2D eigenvalue weighted by Crippen LogP contribution is 2.25. The third kappa shape index (κ3) is 3.35. The minimum atomic E-state index is -3.57. The number of anilines is 2. The number of hydrogen-bond acceptors (Lipinski definition) is 6. The summed E-state index contributed by atoms with van der Waals surface area (Å²) in [6.07, 6.45) is 0. The Morgan fingerprint density at radius 2 is 1.89 bits per heavy atom. The number of hydrogen-bond donors (Lipinski definition) is 2. The summed E-state index contributed by atoms with van der Waals surface area (Å²) in [6.45, 7) is -0.00817. The Balaban J connectivity index is 3.21. The molecule has 0 unspecified atom stereocenters. The lowest BCUT2D eigenvalue weighted by molar-refractivity contribution is 0.588. The highest BCUT2D eigenvalue weighted by molar-refractivity contribution is 7.89. The summed E-state index contributed by atoms with van der Waals surface area (Å²) in [6, 6.07) is 8.00. The molecule has 1 aromatic carbocycles. The van der Waals surface area contributed by atoms with Crippen LogP contribution in [-0.4, -0.2) is 28.6 Å². The molecule has 0 amide bonds. The molecule has 0 radical (unpaired) electrons. The Morgan fingerprint density at radius 1 is 1.32 bits per heavy atom. The fourth-order valence-electron chi connectivity index (χ4n) is 1.50. The summed E-state index contributed by atoms with van der Waals surface area (Å²) in [5.74, 6) is 0. The largest absolute Gasteiger partial charge is 0.397 e. The van der Waals surface area contributed by atoms with Crippen molar-refractivity contribution in [3.63, 3.8) is 0 Å². The number of nitrogens with two attached hydrogens (primary N) is 1. The molecule has 1 aromatic rings. The number of nitrogens with zero attached hydrogens (tertiary/aromatic N) is 3. The van der Waals surface area contributed by atoms with Crippen molar-refractivity contribution in [3.8, 4) is 12.1 Å². The second-order valence-electron chi connectivity index (χ2n) is 3.60. The van der Waals surface area contributed by atoms with E-state index in [1.807, 2.05) is 12.1 Å². The van der Waals surface area contributed by atoms with E-state index in [9.17, 15) is 8.42 Å². The second kappa shape index (κ2) is 6.05. The summed E-state index contributed by atoms with van der Waals surface area (Å²) in [5, 5.41) is 17.4. The van der Waals surface area contributed by atoms with Crippen LogP contribution in [0.2, 0.25) is 0 Å². The van der Waals surface area contributed by atoms with E-state index in [4.69, 9.17) is 16.3 Å². The molecule has 0 aromatic heterocycles. The number of nitrogen functional groups attached to an aromatic ring is 1. The minimum absolute atomic E-state index is 0.00408. The molecule has 3 N–H and O–H groups in total. The lowest BCUT2D eigenvalue weighted by atomic mass is 10.2. The summed E-state index contributed by atoms with van der Waals surface area (Å²) in [5.41, 5.74) is 6.43. The number of sulfonamides is 1. The summed E-state index contributed by atoms with van der Waals surface area (Å²) in [4.78, 5) is 1.50. The zero-order chi connectivity index (χ0) is 14.5. The predicted octanol–water partition coefficient (Wildman–Crippen LogP) is 0.0305. The van der Waals surface area contributed by atoms with Gasteiger partial charge in [-0.3, -0.25) is 0 Å². The average Bonchev–Trinajstić information content (AvgIpc) is 2.38. The predicted molar refractivity (Wildman–Crippen MR) is 70.5 cm³/mol. The van der Waals surface area contributed by atoms with E-state index in [-0.39, 0.29) is 23.7 Å². The molecule has 8 heteroatoms. The summed E-state index contributed by atoms with van der Waals surface area (Å²) >= 11 is 0. The van der Waals surface area contributed by atoms with Crippen LogP contribution in [0.3, 0.4) is 0 Å². The van der Waals surface area contributed by atoms with E-state index in [1.54, 1.807) is 0 Å². The van der Waals surface area contributed by atoms with E-state index >= 15 is 0 Å². The van der Waals surface area contributed by atoms with E-state index < -0.39 is 10.0 Å². The number of nitriles is 2. The first-order valence-corrected chi connectivity index (χ1v) is 6.76. The standard InChI is InChI=1S/C11H13N5O2S/c1-15-19(17,18)9-2-3-11(10(14)8-9)16(6-4-12)7-5-13/h2-3,8,15H,6-7,14H2,1H3. The van der Waals surface area contributed by atoms with Gasteiger partial charge in [-0.1, -0.05) is 0 Å². The van der Waals surface area contributed by atoms with Crippen LogP contribution in [0.25, 0.3) is 0 Å². The second-order valence-corrected chi connectivity index (χ2v) is 5.49. The number of nitrogens with one attached hydrogen (secondary N) is 1. The van der Waals surface area contributed by atoms with Crippen LogP contribution in [0.1, 0.15) is 0 Å². The van der Waals surface area contributed by atoms with Gasteiger partial charge in [0.1, 0.15) is 13.1 Å². The maximum Gasteiger partial charge on any atom is 0.240 e. The average molecular weight is 279 g/mol. The van der Waals surface area contributed by atoms with Gasteiger partial charge in [-0.05, 0) is 25.2 Å². The molecular formula is C11H13N5O2S. The van der Waals surface area contributed by atoms with Gasteiger partial charge in [0, 0.05) is 0 Å². The molecule has 0 atom stereocenters. The SMILES string of the molecule is CNS(=O)(=O)c1ccc(N(CC#N)CC#N)c(N)c1. The summed E-state index contributed by atoms with van der Waals surface area (Å²) < 4.78 is 25.4. The van der Waals surface area contributed by atoms with Gasteiger partial charge in [0.2, 0.25) is 10.0 Å². The molecule has 1 rings (SSSR count). The van der Waals surface area contributed by atoms with Crippen LogP contribution in [0.15, 0.2) is 23.1 Å². The van der Waals surface area contributed by atoms with E-state index in [0.29, 0.717) is 5.69 Å². The molecular weight excluding hydrogens is 266 g/mol. The van der Waals surface area contributed by atoms with Crippen molar-refractivity contribution in [1.29, 1.82) is 10.5 Å². The monoisotopic (exact) mass is 279 g/mol. The first-order valence-electron chi connectivity index (χ1n) is 5.28. The normalized spacial score (nSPS) is 10.5. The van der Waals surface area contributed by atoms with E-state index in [0.717, 1.165) is 0 Å². The Kier molecular flexibility index (Phi) is 4.70. The molecule has 0 aliphatic carbocycles. The van der Waals surface area contributed by atoms with Crippen molar-refractivity contribution in [3.05, 3.63) is 18.2 Å². The van der Waals surface area contributed by atoms with E-state index in [1.165, 1.54) is 30.1 Å². The molecule has 7 nitrogen and oxygen atoms in total. The summed E-state index contributed by atoms with van der Waals surface area (Å²) in [7, 11) is -2.26. The molecule has 0 aliphatic heterocycles. The van der Waals surface area contributed by atoms with Gasteiger partial charge in [0.05, 0.1) is 28.4 Å².